The lowest BCUT2D eigenvalue weighted by Crippen LogP contribution is -2.36. The number of fused-ring (bicyclic) bond motifs is 1. The number of hydrogen-bond acceptors (Lipinski definition) is 2. The van der Waals surface area contributed by atoms with Crippen molar-refractivity contribution < 1.29 is 9.21 Å². The zero-order valence-electron chi connectivity index (χ0n) is 12.2. The molecule has 1 amide bonds. The summed E-state index contributed by atoms with van der Waals surface area (Å²) in [7, 11) is 0. The van der Waals surface area contributed by atoms with Gasteiger partial charge in [0.2, 0.25) is 5.91 Å². The number of nitrogens with zero attached hydrogens (tertiary/aromatic N) is 1. The molecule has 1 aliphatic rings. The summed E-state index contributed by atoms with van der Waals surface area (Å²) in [6, 6.07) is 8.24. The van der Waals surface area contributed by atoms with Crippen molar-refractivity contribution in [1.29, 1.82) is 0 Å². The monoisotopic (exact) mass is 281 g/mol. The molecule has 0 bridgehead atoms. The van der Waals surface area contributed by atoms with Gasteiger partial charge in [-0.25, -0.2) is 0 Å². The van der Waals surface area contributed by atoms with Gasteiger partial charge in [-0.15, -0.1) is 0 Å². The highest BCUT2D eigenvalue weighted by Gasteiger charge is 2.23. The van der Waals surface area contributed by atoms with Gasteiger partial charge in [0.05, 0.1) is 12.6 Å². The Kier molecular flexibility index (Phi) is 3.65. The van der Waals surface area contributed by atoms with E-state index in [1.54, 1.807) is 0 Å². The zero-order valence-corrected chi connectivity index (χ0v) is 12.2. The minimum atomic E-state index is -0.0353. The quantitative estimate of drug-likeness (QED) is 0.627. The molecule has 1 aromatic carbocycles. The summed E-state index contributed by atoms with van der Waals surface area (Å²) in [6.07, 6.45) is 7.63. The Morgan fingerprint density at radius 1 is 1.52 bits per heavy atom. The van der Waals surface area contributed by atoms with E-state index < -0.39 is 0 Å². The maximum absolute atomic E-state index is 12.2. The molecule has 21 heavy (non-hydrogen) atoms. The van der Waals surface area contributed by atoms with E-state index in [-0.39, 0.29) is 11.9 Å². The highest BCUT2D eigenvalue weighted by atomic mass is 16.3. The number of furan rings is 1. The summed E-state index contributed by atoms with van der Waals surface area (Å²) in [4.78, 5) is 14.1. The van der Waals surface area contributed by atoms with Crippen molar-refractivity contribution in [3.63, 3.8) is 0 Å². The molecule has 108 valence electrons. The molecule has 0 N–H and O–H groups in total. The molecule has 3 heteroatoms. The van der Waals surface area contributed by atoms with E-state index in [1.165, 1.54) is 6.08 Å². The van der Waals surface area contributed by atoms with Crippen molar-refractivity contribution in [3.8, 4) is 0 Å². The molecular formula is C18H19NO2. The predicted octanol–water partition coefficient (Wildman–Crippen LogP) is 3.97. The van der Waals surface area contributed by atoms with Crippen molar-refractivity contribution in [3.05, 3.63) is 60.4 Å². The van der Waals surface area contributed by atoms with Gasteiger partial charge in [0.1, 0.15) is 11.3 Å². The smallest absolute Gasteiger partial charge is 0.246 e. The number of carbonyl (C=O) groups excluding carboxylic acids is 1. The molecule has 1 unspecified atom stereocenters. The number of allylic oxidation sites excluding steroid dienone is 1. The fourth-order valence-corrected chi connectivity index (χ4v) is 2.91. The summed E-state index contributed by atoms with van der Waals surface area (Å²) in [5, 5.41) is 1.08. The summed E-state index contributed by atoms with van der Waals surface area (Å²) in [5.41, 5.74) is 1.91. The van der Waals surface area contributed by atoms with Crippen molar-refractivity contribution >= 4 is 16.9 Å². The van der Waals surface area contributed by atoms with Crippen molar-refractivity contribution in [2.24, 2.45) is 0 Å². The fraction of sp³-hybridized carbons (Fsp3) is 0.278. The molecule has 0 saturated heterocycles. The molecule has 1 heterocycles. The lowest BCUT2D eigenvalue weighted by atomic mass is 10.1. The second-order valence-electron chi connectivity index (χ2n) is 5.44. The van der Waals surface area contributed by atoms with Gasteiger partial charge in [0.25, 0.3) is 0 Å². The molecule has 1 aromatic heterocycles. The van der Waals surface area contributed by atoms with E-state index in [4.69, 9.17) is 4.42 Å². The molecule has 0 saturated carbocycles. The highest BCUT2D eigenvalue weighted by molar-refractivity contribution is 5.88. The molecule has 2 aromatic rings. The van der Waals surface area contributed by atoms with E-state index in [0.29, 0.717) is 6.54 Å². The van der Waals surface area contributed by atoms with Crippen LogP contribution in [0.2, 0.25) is 0 Å². The number of para-hydroxylation sites is 1. The Bertz CT molecular complexity index is 711. The van der Waals surface area contributed by atoms with E-state index in [1.807, 2.05) is 36.1 Å². The van der Waals surface area contributed by atoms with Gasteiger partial charge in [-0.2, -0.15) is 0 Å². The van der Waals surface area contributed by atoms with Crippen LogP contribution in [0.1, 0.15) is 24.2 Å². The second-order valence-corrected chi connectivity index (χ2v) is 5.44. The average molecular weight is 281 g/mol. The van der Waals surface area contributed by atoms with Crippen molar-refractivity contribution in [1.82, 2.24) is 4.90 Å². The number of amides is 1. The molecule has 3 rings (SSSR count). The van der Waals surface area contributed by atoms with Crippen LogP contribution in [-0.2, 0) is 11.3 Å². The van der Waals surface area contributed by atoms with Gasteiger partial charge in [-0.05, 0) is 31.9 Å². The molecular weight excluding hydrogens is 262 g/mol. The van der Waals surface area contributed by atoms with Crippen LogP contribution in [0.5, 0.6) is 0 Å². The Balaban J connectivity index is 1.95. The Morgan fingerprint density at radius 3 is 3.10 bits per heavy atom. The molecule has 3 nitrogen and oxygen atoms in total. The van der Waals surface area contributed by atoms with E-state index >= 15 is 0 Å². The minimum Gasteiger partial charge on any atom is -0.461 e. The van der Waals surface area contributed by atoms with Gasteiger partial charge in [-0.3, -0.25) is 4.79 Å². The van der Waals surface area contributed by atoms with Crippen LogP contribution in [0.3, 0.4) is 0 Å². The van der Waals surface area contributed by atoms with Crippen LogP contribution in [0.4, 0.5) is 0 Å². The topological polar surface area (TPSA) is 33.5 Å². The minimum absolute atomic E-state index is 0.0353. The van der Waals surface area contributed by atoms with Gasteiger partial charge in [0, 0.05) is 10.9 Å². The zero-order chi connectivity index (χ0) is 14.8. The van der Waals surface area contributed by atoms with Crippen LogP contribution in [0.25, 0.3) is 11.0 Å². The molecule has 0 fully saturated rings. The third kappa shape index (κ3) is 2.64. The maximum atomic E-state index is 12.2. The first-order chi connectivity index (χ1) is 10.2. The van der Waals surface area contributed by atoms with Crippen LogP contribution < -0.4 is 0 Å². The summed E-state index contributed by atoms with van der Waals surface area (Å²) < 4.78 is 5.79. The van der Waals surface area contributed by atoms with Gasteiger partial charge in [-0.1, -0.05) is 36.9 Å². The molecule has 1 aliphatic carbocycles. The second kappa shape index (κ2) is 5.60. The largest absolute Gasteiger partial charge is 0.461 e. The van der Waals surface area contributed by atoms with Gasteiger partial charge < -0.3 is 9.32 Å². The van der Waals surface area contributed by atoms with Gasteiger partial charge in [0.15, 0.2) is 0 Å². The summed E-state index contributed by atoms with van der Waals surface area (Å²) in [6.45, 7) is 6.11. The normalized spacial score (nSPS) is 17.3. The predicted molar refractivity (Wildman–Crippen MR) is 83.9 cm³/mol. The molecule has 0 radical (unpaired) electrons. The van der Waals surface area contributed by atoms with Crippen LogP contribution in [-0.4, -0.2) is 16.8 Å². The Hall–Kier alpha value is -2.29. The first kappa shape index (κ1) is 13.7. The number of aryl methyl sites for hydroxylation is 1. The number of rotatable bonds is 4. The highest BCUT2D eigenvalue weighted by Crippen LogP contribution is 2.26. The molecule has 1 atom stereocenters. The van der Waals surface area contributed by atoms with Crippen molar-refractivity contribution in [2.75, 3.05) is 0 Å². The van der Waals surface area contributed by atoms with Crippen LogP contribution in [0.15, 0.2) is 53.5 Å². The SMILES string of the molecule is C=CC(=O)N(Cc1cccc2cc(C)oc12)C1C=CCC1. The van der Waals surface area contributed by atoms with E-state index in [2.05, 4.69) is 18.7 Å². The van der Waals surface area contributed by atoms with E-state index in [0.717, 1.165) is 35.1 Å². The van der Waals surface area contributed by atoms with Gasteiger partial charge >= 0.3 is 0 Å². The lowest BCUT2D eigenvalue weighted by molar-refractivity contribution is -0.128. The Morgan fingerprint density at radius 2 is 2.38 bits per heavy atom. The average Bonchev–Trinajstić information content (AvgIpc) is 3.12. The Labute approximate surface area is 124 Å². The third-order valence-corrected chi connectivity index (χ3v) is 3.93. The van der Waals surface area contributed by atoms with Crippen molar-refractivity contribution in [2.45, 2.75) is 32.4 Å². The van der Waals surface area contributed by atoms with E-state index in [9.17, 15) is 4.79 Å². The maximum Gasteiger partial charge on any atom is 0.246 e. The third-order valence-electron chi connectivity index (χ3n) is 3.93. The first-order valence-corrected chi connectivity index (χ1v) is 7.27. The standard InChI is InChI=1S/C18H19NO2/c1-3-17(20)19(16-9-4-5-10-16)12-15-8-6-7-14-11-13(2)21-18(14)15/h3-4,6-9,11,16H,1,5,10,12H2,2H3. The number of carbonyl (C=O) groups is 1. The van der Waals surface area contributed by atoms with Crippen LogP contribution in [0, 0.1) is 6.92 Å². The van der Waals surface area contributed by atoms with Crippen LogP contribution >= 0.6 is 0 Å². The summed E-state index contributed by atoms with van der Waals surface area (Å²) in [5.74, 6) is 0.853. The lowest BCUT2D eigenvalue weighted by Gasteiger charge is -2.27. The first-order valence-electron chi connectivity index (χ1n) is 7.27. The fourth-order valence-electron chi connectivity index (χ4n) is 2.91. The molecule has 0 spiro atoms. The molecule has 0 aliphatic heterocycles. The summed E-state index contributed by atoms with van der Waals surface area (Å²) >= 11 is 0. The number of hydrogen-bond donors (Lipinski definition) is 0. The number of benzene rings is 1.